The lowest BCUT2D eigenvalue weighted by atomic mass is 10.2. The summed E-state index contributed by atoms with van der Waals surface area (Å²) in [7, 11) is -2.53. The zero-order valence-electron chi connectivity index (χ0n) is 9.80. The molecule has 0 unspecified atom stereocenters. The van der Waals surface area contributed by atoms with Crippen molar-refractivity contribution in [2.24, 2.45) is 0 Å². The fraction of sp³-hybridized carbons (Fsp3) is 0.889. The second kappa shape index (κ2) is 5.01. The van der Waals surface area contributed by atoms with Crippen molar-refractivity contribution in [1.82, 2.24) is 9.21 Å². The normalized spacial score (nSPS) is 18.9. The van der Waals surface area contributed by atoms with Crippen LogP contribution in [-0.4, -0.2) is 55.5 Å². The molecule has 1 amide bonds. The second-order valence-corrected chi connectivity index (χ2v) is 5.70. The lowest BCUT2D eigenvalue weighted by Gasteiger charge is -2.32. The summed E-state index contributed by atoms with van der Waals surface area (Å²) in [5.74, 6) is 0. The largest absolute Gasteiger partial charge is 0.444 e. The van der Waals surface area contributed by atoms with Crippen molar-refractivity contribution in [1.29, 1.82) is 0 Å². The molecule has 0 aromatic heterocycles. The Labute approximate surface area is 97.2 Å². The van der Waals surface area contributed by atoms with E-state index >= 15 is 0 Å². The number of piperazine rings is 1. The van der Waals surface area contributed by atoms with Gasteiger partial charge in [-0.25, -0.2) is 17.5 Å². The zero-order valence-corrected chi connectivity index (χ0v) is 10.7. The molecule has 0 aromatic carbocycles. The van der Waals surface area contributed by atoms with Gasteiger partial charge in [-0.05, 0) is 20.8 Å². The monoisotopic (exact) mass is 250 g/mol. The van der Waals surface area contributed by atoms with E-state index in [1.807, 2.05) is 0 Å². The van der Waals surface area contributed by atoms with Crippen LogP contribution in [0.5, 0.6) is 0 Å². The van der Waals surface area contributed by atoms with E-state index in [2.05, 4.69) is 0 Å². The highest BCUT2D eigenvalue weighted by molar-refractivity contribution is 7.69. The summed E-state index contributed by atoms with van der Waals surface area (Å²) in [5.41, 5.74) is -0.516. The molecule has 0 saturated carbocycles. The molecular weight excluding hydrogens is 232 g/mol. The molecule has 0 aliphatic carbocycles. The van der Waals surface area contributed by atoms with Crippen LogP contribution in [0, 0.1) is 0 Å². The molecule has 0 bridgehead atoms. The molecule has 1 fully saturated rings. The first-order valence-corrected chi connectivity index (χ1v) is 6.30. The average Bonchev–Trinajstić information content (AvgIpc) is 2.15. The van der Waals surface area contributed by atoms with Crippen LogP contribution in [0.3, 0.4) is 0 Å². The van der Waals surface area contributed by atoms with Crippen molar-refractivity contribution in [2.45, 2.75) is 26.4 Å². The van der Waals surface area contributed by atoms with E-state index in [9.17, 15) is 13.2 Å². The molecule has 7 heteroatoms. The Morgan fingerprint density at radius 1 is 1.12 bits per heavy atom. The van der Waals surface area contributed by atoms with Crippen LogP contribution in [0.2, 0.25) is 0 Å². The van der Waals surface area contributed by atoms with Crippen LogP contribution in [-0.2, 0) is 15.6 Å². The SMILES string of the molecule is CC(C)(C)OC(=O)N1CCN([SH](=O)=O)CC1. The summed E-state index contributed by atoms with van der Waals surface area (Å²) in [5, 5.41) is 0. The summed E-state index contributed by atoms with van der Waals surface area (Å²) in [4.78, 5) is 13.2. The summed E-state index contributed by atoms with van der Waals surface area (Å²) in [6.07, 6.45) is -0.381. The minimum absolute atomic E-state index is 0.345. The molecule has 1 aliphatic heterocycles. The maximum absolute atomic E-state index is 11.6. The molecule has 0 aromatic rings. The highest BCUT2D eigenvalue weighted by Crippen LogP contribution is 2.11. The quantitative estimate of drug-likeness (QED) is 0.669. The molecule has 1 aliphatic rings. The van der Waals surface area contributed by atoms with E-state index in [-0.39, 0.29) is 6.09 Å². The van der Waals surface area contributed by atoms with Crippen molar-refractivity contribution in [3.8, 4) is 0 Å². The first kappa shape index (κ1) is 13.2. The zero-order chi connectivity index (χ0) is 12.3. The Morgan fingerprint density at radius 2 is 1.62 bits per heavy atom. The van der Waals surface area contributed by atoms with Gasteiger partial charge in [-0.1, -0.05) is 0 Å². The first-order valence-electron chi connectivity index (χ1n) is 5.17. The maximum atomic E-state index is 11.6. The Hall–Kier alpha value is -0.820. The third-order valence-corrected chi connectivity index (χ3v) is 3.00. The molecule has 1 saturated heterocycles. The number of nitrogens with zero attached hydrogens (tertiary/aromatic N) is 2. The summed E-state index contributed by atoms with van der Waals surface area (Å²) < 4.78 is 27.9. The molecule has 0 spiro atoms. The van der Waals surface area contributed by atoms with Gasteiger partial charge in [-0.3, -0.25) is 0 Å². The van der Waals surface area contributed by atoms with Gasteiger partial charge in [0.2, 0.25) is 10.9 Å². The Bertz CT molecular complexity index is 319. The summed E-state index contributed by atoms with van der Waals surface area (Å²) in [6, 6.07) is 0. The fourth-order valence-electron chi connectivity index (χ4n) is 1.37. The summed E-state index contributed by atoms with van der Waals surface area (Å²) >= 11 is 0. The van der Waals surface area contributed by atoms with Gasteiger partial charge in [0.25, 0.3) is 0 Å². The number of carbonyl (C=O) groups excluding carboxylic acids is 1. The molecular formula is C9H18N2O4S. The van der Waals surface area contributed by atoms with Gasteiger partial charge in [0.1, 0.15) is 5.60 Å². The third-order valence-electron chi connectivity index (χ3n) is 2.14. The van der Waals surface area contributed by atoms with Crippen LogP contribution in [0.1, 0.15) is 20.8 Å². The fourth-order valence-corrected chi connectivity index (χ4v) is 1.87. The Morgan fingerprint density at radius 3 is 2.00 bits per heavy atom. The van der Waals surface area contributed by atoms with Gasteiger partial charge in [-0.15, -0.1) is 0 Å². The number of thiol groups is 1. The van der Waals surface area contributed by atoms with Crippen molar-refractivity contribution >= 4 is 17.0 Å². The Balaban J connectivity index is 2.45. The molecule has 0 atom stereocenters. The van der Waals surface area contributed by atoms with E-state index in [0.29, 0.717) is 26.2 Å². The van der Waals surface area contributed by atoms with Gasteiger partial charge in [0.15, 0.2) is 0 Å². The van der Waals surface area contributed by atoms with E-state index in [4.69, 9.17) is 4.74 Å². The van der Waals surface area contributed by atoms with Crippen molar-refractivity contribution in [3.05, 3.63) is 0 Å². The van der Waals surface area contributed by atoms with E-state index in [0.717, 1.165) is 0 Å². The topological polar surface area (TPSA) is 66.9 Å². The van der Waals surface area contributed by atoms with Gasteiger partial charge in [0, 0.05) is 26.2 Å². The van der Waals surface area contributed by atoms with Crippen LogP contribution >= 0.6 is 0 Å². The lowest BCUT2D eigenvalue weighted by molar-refractivity contribution is 0.0194. The van der Waals surface area contributed by atoms with E-state index in [1.165, 1.54) is 9.21 Å². The maximum Gasteiger partial charge on any atom is 0.410 e. The minimum Gasteiger partial charge on any atom is -0.444 e. The van der Waals surface area contributed by atoms with E-state index < -0.39 is 16.5 Å². The number of rotatable bonds is 1. The molecule has 0 radical (unpaired) electrons. The average molecular weight is 250 g/mol. The number of hydrogen-bond acceptors (Lipinski definition) is 4. The van der Waals surface area contributed by atoms with Gasteiger partial charge in [-0.2, -0.15) is 0 Å². The number of carbonyl (C=O) groups is 1. The summed E-state index contributed by atoms with van der Waals surface area (Å²) in [6.45, 7) is 6.87. The van der Waals surface area contributed by atoms with Gasteiger partial charge < -0.3 is 9.64 Å². The molecule has 1 heterocycles. The minimum atomic E-state index is -2.53. The predicted molar refractivity (Wildman–Crippen MR) is 59.7 cm³/mol. The highest BCUT2D eigenvalue weighted by Gasteiger charge is 2.26. The van der Waals surface area contributed by atoms with Gasteiger partial charge >= 0.3 is 6.09 Å². The number of hydrogen-bond donors (Lipinski definition) is 1. The van der Waals surface area contributed by atoms with Crippen LogP contribution < -0.4 is 0 Å². The van der Waals surface area contributed by atoms with Crippen LogP contribution in [0.15, 0.2) is 0 Å². The van der Waals surface area contributed by atoms with E-state index in [1.54, 1.807) is 20.8 Å². The standard InChI is InChI=1S/C9H18N2O4S/c1-9(2,3)15-8(12)10-4-6-11(7-5-10)16(13)14/h16H,4-7H2,1-3H3. The highest BCUT2D eigenvalue weighted by atomic mass is 32.2. The smallest absolute Gasteiger partial charge is 0.410 e. The lowest BCUT2D eigenvalue weighted by Crippen LogP contribution is -2.49. The second-order valence-electron chi connectivity index (χ2n) is 4.66. The molecule has 94 valence electrons. The van der Waals surface area contributed by atoms with Crippen molar-refractivity contribution < 1.29 is 17.9 Å². The number of amides is 1. The van der Waals surface area contributed by atoms with Crippen LogP contribution in [0.4, 0.5) is 4.79 Å². The van der Waals surface area contributed by atoms with Crippen molar-refractivity contribution in [2.75, 3.05) is 26.2 Å². The first-order chi connectivity index (χ1) is 7.29. The van der Waals surface area contributed by atoms with Crippen molar-refractivity contribution in [3.63, 3.8) is 0 Å². The molecule has 6 nitrogen and oxygen atoms in total. The molecule has 0 N–H and O–H groups in total. The molecule has 16 heavy (non-hydrogen) atoms. The molecule has 1 rings (SSSR count). The van der Waals surface area contributed by atoms with Gasteiger partial charge in [0.05, 0.1) is 0 Å². The number of ether oxygens (including phenoxy) is 1. The van der Waals surface area contributed by atoms with Crippen LogP contribution in [0.25, 0.3) is 0 Å². The third kappa shape index (κ3) is 3.97. The Kier molecular flexibility index (Phi) is 4.15. The predicted octanol–water partition coefficient (Wildman–Crippen LogP) is 0.0655.